The van der Waals surface area contributed by atoms with E-state index in [0.717, 1.165) is 24.3 Å². The van der Waals surface area contributed by atoms with Crippen molar-refractivity contribution in [3.05, 3.63) is 24.3 Å². The molecule has 0 unspecified atom stereocenters. The SMILES string of the molecule is O=S(=O)(On1c(O)ccc1O)n1c(O)ccc1O. The summed E-state index contributed by atoms with van der Waals surface area (Å²) >= 11 is 0. The van der Waals surface area contributed by atoms with Gasteiger partial charge < -0.3 is 20.4 Å². The van der Waals surface area contributed by atoms with Crippen LogP contribution in [0, 0.1) is 0 Å². The standard InChI is InChI=1S/C8H8N2O7S/c11-5-1-2-6(12)9(5)17-18(15,16)10-7(13)3-4-8(10)14/h1-4,11-14H. The molecule has 0 aliphatic heterocycles. The van der Waals surface area contributed by atoms with Crippen LogP contribution in [0.5, 0.6) is 23.5 Å². The minimum atomic E-state index is -4.69. The van der Waals surface area contributed by atoms with Crippen molar-refractivity contribution in [3.63, 3.8) is 0 Å². The largest absolute Gasteiger partial charge is 0.494 e. The lowest BCUT2D eigenvalue weighted by molar-refractivity contribution is 0.198. The van der Waals surface area contributed by atoms with Crippen LogP contribution in [0.3, 0.4) is 0 Å². The molecule has 10 heteroatoms. The monoisotopic (exact) mass is 276 g/mol. The number of nitrogens with zero attached hydrogens (tertiary/aromatic N) is 2. The molecule has 2 aromatic rings. The predicted molar refractivity (Wildman–Crippen MR) is 56.4 cm³/mol. The van der Waals surface area contributed by atoms with Crippen molar-refractivity contribution in [2.75, 3.05) is 0 Å². The van der Waals surface area contributed by atoms with Crippen molar-refractivity contribution in [1.82, 2.24) is 8.70 Å². The van der Waals surface area contributed by atoms with Gasteiger partial charge in [0.15, 0.2) is 0 Å². The van der Waals surface area contributed by atoms with Crippen LogP contribution in [-0.4, -0.2) is 37.5 Å². The molecule has 0 bridgehead atoms. The maximum absolute atomic E-state index is 11.7. The number of hydrogen-bond donors (Lipinski definition) is 4. The van der Waals surface area contributed by atoms with E-state index < -0.39 is 33.8 Å². The number of aromatic nitrogens is 2. The van der Waals surface area contributed by atoms with Gasteiger partial charge in [-0.2, -0.15) is 8.42 Å². The zero-order chi connectivity index (χ0) is 13.5. The highest BCUT2D eigenvalue weighted by Gasteiger charge is 2.25. The molecule has 0 spiro atoms. The van der Waals surface area contributed by atoms with E-state index in [-0.39, 0.29) is 8.70 Å². The van der Waals surface area contributed by atoms with E-state index >= 15 is 0 Å². The molecule has 0 saturated heterocycles. The Labute approximate surface area is 101 Å². The third-order valence-corrected chi connectivity index (χ3v) is 3.15. The molecule has 0 aromatic carbocycles. The fourth-order valence-electron chi connectivity index (χ4n) is 1.24. The number of rotatable bonds is 3. The Morgan fingerprint density at radius 2 is 1.22 bits per heavy atom. The zero-order valence-corrected chi connectivity index (χ0v) is 9.44. The van der Waals surface area contributed by atoms with Crippen LogP contribution in [0.2, 0.25) is 0 Å². The Morgan fingerprint density at radius 1 is 0.833 bits per heavy atom. The molecule has 2 heterocycles. The summed E-state index contributed by atoms with van der Waals surface area (Å²) in [4.78, 5) is 0. The van der Waals surface area contributed by atoms with Gasteiger partial charge in [0.2, 0.25) is 23.5 Å². The number of aromatic hydroxyl groups is 4. The molecule has 18 heavy (non-hydrogen) atoms. The van der Waals surface area contributed by atoms with Crippen molar-refractivity contribution >= 4 is 10.3 Å². The molecule has 4 N–H and O–H groups in total. The summed E-state index contributed by atoms with van der Waals surface area (Å²) in [5, 5.41) is 36.9. The molecular formula is C8H8N2O7S. The average molecular weight is 276 g/mol. The van der Waals surface area contributed by atoms with Crippen molar-refractivity contribution < 1.29 is 33.1 Å². The Morgan fingerprint density at radius 3 is 1.67 bits per heavy atom. The van der Waals surface area contributed by atoms with Crippen molar-refractivity contribution in [2.45, 2.75) is 0 Å². The van der Waals surface area contributed by atoms with Crippen molar-refractivity contribution in [1.29, 1.82) is 0 Å². The lowest BCUT2D eigenvalue weighted by Crippen LogP contribution is -2.25. The van der Waals surface area contributed by atoms with Gasteiger partial charge in [-0.1, -0.05) is 4.73 Å². The van der Waals surface area contributed by atoms with Gasteiger partial charge >= 0.3 is 10.3 Å². The minimum absolute atomic E-state index is 0.0753. The van der Waals surface area contributed by atoms with Crippen LogP contribution >= 0.6 is 0 Å². The molecule has 9 nitrogen and oxygen atoms in total. The van der Waals surface area contributed by atoms with Gasteiger partial charge in [0, 0.05) is 24.3 Å². The molecule has 2 aromatic heterocycles. The highest BCUT2D eigenvalue weighted by Crippen LogP contribution is 2.25. The molecule has 0 atom stereocenters. The Balaban J connectivity index is 2.46. The highest BCUT2D eigenvalue weighted by atomic mass is 32.2. The third kappa shape index (κ3) is 1.78. The fraction of sp³-hybridized carbons (Fsp3) is 0. The van der Waals surface area contributed by atoms with E-state index in [4.69, 9.17) is 0 Å². The summed E-state index contributed by atoms with van der Waals surface area (Å²) in [6.07, 6.45) is 0. The molecule has 0 amide bonds. The molecule has 0 aliphatic rings. The average Bonchev–Trinajstić information content (AvgIpc) is 2.76. The second kappa shape index (κ2) is 3.77. The molecule has 2 rings (SSSR count). The van der Waals surface area contributed by atoms with Gasteiger partial charge in [-0.25, -0.2) is 0 Å². The smallest absolute Gasteiger partial charge is 0.437 e. The van der Waals surface area contributed by atoms with Crippen LogP contribution in [0.1, 0.15) is 0 Å². The molecule has 0 aliphatic carbocycles. The van der Waals surface area contributed by atoms with E-state index in [1.54, 1.807) is 0 Å². The lowest BCUT2D eigenvalue weighted by Gasteiger charge is -2.10. The Bertz CT molecular complexity index is 645. The third-order valence-electron chi connectivity index (χ3n) is 1.99. The molecule has 98 valence electrons. The van der Waals surface area contributed by atoms with E-state index in [1.165, 1.54) is 0 Å². The van der Waals surface area contributed by atoms with Gasteiger partial charge in [0.05, 0.1) is 0 Å². The first kappa shape index (κ1) is 12.0. The van der Waals surface area contributed by atoms with Crippen molar-refractivity contribution in [3.8, 4) is 23.5 Å². The van der Waals surface area contributed by atoms with E-state index in [9.17, 15) is 28.8 Å². The Kier molecular flexibility index (Phi) is 2.51. The molecular weight excluding hydrogens is 268 g/mol. The van der Waals surface area contributed by atoms with E-state index in [0.29, 0.717) is 0 Å². The second-order valence-corrected chi connectivity index (χ2v) is 4.56. The van der Waals surface area contributed by atoms with Crippen LogP contribution in [-0.2, 0) is 10.3 Å². The van der Waals surface area contributed by atoms with Crippen LogP contribution < -0.4 is 4.28 Å². The summed E-state index contributed by atoms with van der Waals surface area (Å²) in [5.74, 6) is -2.94. The summed E-state index contributed by atoms with van der Waals surface area (Å²) < 4.78 is 28.0. The second-order valence-electron chi connectivity index (χ2n) is 3.19. The first-order valence-electron chi connectivity index (χ1n) is 4.48. The van der Waals surface area contributed by atoms with Gasteiger partial charge in [0.25, 0.3) is 0 Å². The highest BCUT2D eigenvalue weighted by molar-refractivity contribution is 7.85. The van der Waals surface area contributed by atoms with Gasteiger partial charge in [-0.05, 0) is 0 Å². The first-order valence-corrected chi connectivity index (χ1v) is 5.84. The topological polar surface area (TPSA) is 134 Å². The molecule has 0 radical (unpaired) electrons. The summed E-state index contributed by atoms with van der Waals surface area (Å²) in [6.45, 7) is 0. The van der Waals surface area contributed by atoms with Gasteiger partial charge in [0.1, 0.15) is 0 Å². The van der Waals surface area contributed by atoms with Crippen molar-refractivity contribution in [2.24, 2.45) is 0 Å². The minimum Gasteiger partial charge on any atom is -0.494 e. The van der Waals surface area contributed by atoms with Gasteiger partial charge in [-0.3, -0.25) is 4.28 Å². The summed E-state index contributed by atoms with van der Waals surface area (Å²) in [7, 11) is -4.69. The molecule has 0 fully saturated rings. The molecule has 0 saturated carbocycles. The fourth-order valence-corrected chi connectivity index (χ4v) is 2.22. The maximum atomic E-state index is 11.7. The maximum Gasteiger partial charge on any atom is 0.437 e. The van der Waals surface area contributed by atoms with E-state index in [1.807, 2.05) is 0 Å². The van der Waals surface area contributed by atoms with Crippen LogP contribution in [0.15, 0.2) is 24.3 Å². The first-order chi connectivity index (χ1) is 8.33. The summed E-state index contributed by atoms with van der Waals surface area (Å²) in [6, 6.07) is 3.82. The van der Waals surface area contributed by atoms with Gasteiger partial charge in [-0.15, -0.1) is 3.97 Å². The van der Waals surface area contributed by atoms with Crippen LogP contribution in [0.4, 0.5) is 0 Å². The number of hydrogen-bond acceptors (Lipinski definition) is 7. The predicted octanol–water partition coefficient (Wildman–Crippen LogP) is -0.666. The van der Waals surface area contributed by atoms with E-state index in [2.05, 4.69) is 4.28 Å². The normalized spacial score (nSPS) is 11.6. The quantitative estimate of drug-likeness (QED) is 0.584. The lowest BCUT2D eigenvalue weighted by atomic mass is 10.6. The summed E-state index contributed by atoms with van der Waals surface area (Å²) in [5.41, 5.74) is 0. The zero-order valence-electron chi connectivity index (χ0n) is 8.63. The Hall–Kier alpha value is -2.49. The van der Waals surface area contributed by atoms with Crippen LogP contribution in [0.25, 0.3) is 0 Å².